The lowest BCUT2D eigenvalue weighted by Gasteiger charge is -2.41. The molecule has 0 aliphatic heterocycles. The van der Waals surface area contributed by atoms with E-state index in [0.717, 1.165) is 37.1 Å². The topological polar surface area (TPSA) is 58.2 Å². The lowest BCUT2D eigenvalue weighted by Crippen LogP contribution is -2.52. The smallest absolute Gasteiger partial charge is 0.241 e. The van der Waals surface area contributed by atoms with Crippen molar-refractivity contribution in [2.75, 3.05) is 0 Å². The highest BCUT2D eigenvalue weighted by atomic mass is 32.2. The van der Waals surface area contributed by atoms with Crippen molar-refractivity contribution in [3.8, 4) is 0 Å². The van der Waals surface area contributed by atoms with Crippen molar-refractivity contribution in [2.24, 2.45) is 0 Å². The molecule has 20 heavy (non-hydrogen) atoms. The maximum Gasteiger partial charge on any atom is 0.241 e. The third-order valence-corrected chi connectivity index (χ3v) is 7.06. The molecule has 0 atom stereocenters. The Morgan fingerprint density at radius 3 is 2.70 bits per heavy atom. The Morgan fingerprint density at radius 1 is 1.40 bits per heavy atom. The zero-order chi connectivity index (χ0) is 14.2. The van der Waals surface area contributed by atoms with E-state index < -0.39 is 10.0 Å². The minimum Gasteiger partial charge on any atom is -0.309 e. The van der Waals surface area contributed by atoms with Gasteiger partial charge in [-0.15, -0.1) is 11.3 Å². The molecule has 0 unspecified atom stereocenters. The molecule has 1 aromatic heterocycles. The molecular weight excluding hydrogens is 292 g/mol. The van der Waals surface area contributed by atoms with Crippen LogP contribution >= 0.6 is 11.3 Å². The van der Waals surface area contributed by atoms with Crippen LogP contribution < -0.4 is 10.0 Å². The molecule has 0 aromatic carbocycles. The third kappa shape index (κ3) is 3.08. The Kier molecular flexibility index (Phi) is 3.92. The Morgan fingerprint density at radius 2 is 2.15 bits per heavy atom. The highest BCUT2D eigenvalue weighted by Crippen LogP contribution is 2.36. The summed E-state index contributed by atoms with van der Waals surface area (Å²) in [6.45, 7) is 2.84. The Balaban J connectivity index is 1.67. The van der Waals surface area contributed by atoms with E-state index in [9.17, 15) is 8.42 Å². The van der Waals surface area contributed by atoms with Crippen LogP contribution in [-0.4, -0.2) is 20.0 Å². The second-order valence-corrected chi connectivity index (χ2v) is 8.68. The fourth-order valence-electron chi connectivity index (χ4n) is 2.60. The zero-order valence-corrected chi connectivity index (χ0v) is 13.4. The number of nitrogens with one attached hydrogen (secondary N) is 2. The third-order valence-electron chi connectivity index (χ3n) is 4.42. The average molecular weight is 314 g/mol. The quantitative estimate of drug-likeness (QED) is 0.813. The molecule has 112 valence electrons. The first-order chi connectivity index (χ1) is 9.53. The van der Waals surface area contributed by atoms with Crippen molar-refractivity contribution >= 4 is 21.4 Å². The average Bonchev–Trinajstić information content (AvgIpc) is 3.07. The molecule has 3 rings (SSSR count). The largest absolute Gasteiger partial charge is 0.309 e. The van der Waals surface area contributed by atoms with Gasteiger partial charge in [0.25, 0.3) is 0 Å². The van der Waals surface area contributed by atoms with Crippen molar-refractivity contribution < 1.29 is 8.42 Å². The van der Waals surface area contributed by atoms with Gasteiger partial charge in [0.05, 0.1) is 4.90 Å². The Bertz CT molecular complexity index is 566. The molecule has 0 saturated heterocycles. The summed E-state index contributed by atoms with van der Waals surface area (Å²) >= 11 is 1.52. The van der Waals surface area contributed by atoms with Gasteiger partial charge in [0.1, 0.15) is 0 Å². The predicted molar refractivity (Wildman–Crippen MR) is 81.4 cm³/mol. The van der Waals surface area contributed by atoms with E-state index in [2.05, 4.69) is 17.0 Å². The molecule has 6 heteroatoms. The molecule has 0 spiro atoms. The minimum absolute atomic E-state index is 0.187. The van der Waals surface area contributed by atoms with Gasteiger partial charge in [0.2, 0.25) is 10.0 Å². The van der Waals surface area contributed by atoms with Gasteiger partial charge in [-0.05, 0) is 44.6 Å². The molecule has 2 saturated carbocycles. The van der Waals surface area contributed by atoms with Crippen molar-refractivity contribution in [3.05, 3.63) is 16.3 Å². The molecule has 4 nitrogen and oxygen atoms in total. The van der Waals surface area contributed by atoms with Crippen LogP contribution in [0.2, 0.25) is 0 Å². The molecule has 0 amide bonds. The monoisotopic (exact) mass is 314 g/mol. The fraction of sp³-hybridized carbons (Fsp3) is 0.714. The standard InChI is InChI=1S/C14H22N2O2S2/c1-2-14(6-3-7-14)16-20(17,18)13-8-12(19-10-13)9-15-11-4-5-11/h8,10-11,15-16H,2-7,9H2,1H3. The van der Waals surface area contributed by atoms with Gasteiger partial charge in [0, 0.05) is 28.4 Å². The molecule has 0 radical (unpaired) electrons. The summed E-state index contributed by atoms with van der Waals surface area (Å²) in [4.78, 5) is 1.52. The molecule has 2 N–H and O–H groups in total. The predicted octanol–water partition coefficient (Wildman–Crippen LogP) is 2.61. The highest BCUT2D eigenvalue weighted by Gasteiger charge is 2.39. The number of hydrogen-bond donors (Lipinski definition) is 2. The van der Waals surface area contributed by atoms with Crippen LogP contribution in [0.5, 0.6) is 0 Å². The number of sulfonamides is 1. The summed E-state index contributed by atoms with van der Waals surface area (Å²) in [5.41, 5.74) is -0.187. The summed E-state index contributed by atoms with van der Waals surface area (Å²) in [5, 5.41) is 5.17. The van der Waals surface area contributed by atoms with Crippen molar-refractivity contribution in [1.29, 1.82) is 0 Å². The van der Waals surface area contributed by atoms with Crippen LogP contribution in [0.25, 0.3) is 0 Å². The van der Waals surface area contributed by atoms with Gasteiger partial charge in [0.15, 0.2) is 0 Å². The Labute approximate surface area is 125 Å². The van der Waals surface area contributed by atoms with Crippen molar-refractivity contribution in [3.63, 3.8) is 0 Å². The Hall–Kier alpha value is -0.430. The van der Waals surface area contributed by atoms with E-state index in [1.165, 1.54) is 24.2 Å². The van der Waals surface area contributed by atoms with E-state index in [1.807, 2.05) is 6.07 Å². The summed E-state index contributed by atoms with van der Waals surface area (Å²) < 4.78 is 27.8. The van der Waals surface area contributed by atoms with Gasteiger partial charge >= 0.3 is 0 Å². The first kappa shape index (κ1) is 14.5. The van der Waals surface area contributed by atoms with Crippen molar-refractivity contribution in [2.45, 2.75) is 68.5 Å². The van der Waals surface area contributed by atoms with Crippen LogP contribution in [0.4, 0.5) is 0 Å². The summed E-state index contributed by atoms with van der Waals surface area (Å²) in [6.07, 6.45) is 6.41. The summed E-state index contributed by atoms with van der Waals surface area (Å²) in [5.74, 6) is 0. The molecule has 1 aromatic rings. The van der Waals surface area contributed by atoms with E-state index in [0.29, 0.717) is 10.9 Å². The fourth-order valence-corrected chi connectivity index (χ4v) is 5.36. The van der Waals surface area contributed by atoms with Crippen molar-refractivity contribution in [1.82, 2.24) is 10.0 Å². The molecular formula is C14H22N2O2S2. The van der Waals surface area contributed by atoms with E-state index in [-0.39, 0.29) is 5.54 Å². The molecule has 2 aliphatic carbocycles. The van der Waals surface area contributed by atoms with Gasteiger partial charge in [-0.2, -0.15) is 0 Å². The lowest BCUT2D eigenvalue weighted by molar-refractivity contribution is 0.214. The van der Waals surface area contributed by atoms with Crippen LogP contribution in [-0.2, 0) is 16.6 Å². The first-order valence-corrected chi connectivity index (χ1v) is 9.74. The van der Waals surface area contributed by atoms with Gasteiger partial charge in [-0.3, -0.25) is 0 Å². The van der Waals surface area contributed by atoms with Crippen LogP contribution in [0, 0.1) is 0 Å². The van der Waals surface area contributed by atoms with E-state index >= 15 is 0 Å². The number of thiophene rings is 1. The SMILES string of the molecule is CCC1(NS(=O)(=O)c2csc(CNC3CC3)c2)CCC1. The number of hydrogen-bond acceptors (Lipinski definition) is 4. The second-order valence-electron chi connectivity index (χ2n) is 6.00. The van der Waals surface area contributed by atoms with Crippen LogP contribution in [0.15, 0.2) is 16.3 Å². The molecule has 1 heterocycles. The molecule has 0 bridgehead atoms. The first-order valence-electron chi connectivity index (χ1n) is 7.38. The molecule has 2 aliphatic rings. The van der Waals surface area contributed by atoms with Gasteiger partial charge in [-0.1, -0.05) is 6.92 Å². The maximum absolute atomic E-state index is 12.4. The highest BCUT2D eigenvalue weighted by molar-refractivity contribution is 7.89. The van der Waals surface area contributed by atoms with E-state index in [4.69, 9.17) is 0 Å². The second kappa shape index (κ2) is 5.40. The normalized spacial score (nSPS) is 21.6. The number of rotatable bonds is 7. The van der Waals surface area contributed by atoms with Gasteiger partial charge < -0.3 is 5.32 Å². The molecule has 2 fully saturated rings. The summed E-state index contributed by atoms with van der Waals surface area (Å²) in [7, 11) is -3.36. The summed E-state index contributed by atoms with van der Waals surface area (Å²) in [6, 6.07) is 2.46. The lowest BCUT2D eigenvalue weighted by atomic mass is 9.76. The van der Waals surface area contributed by atoms with Crippen LogP contribution in [0.1, 0.15) is 50.3 Å². The maximum atomic E-state index is 12.4. The zero-order valence-electron chi connectivity index (χ0n) is 11.8. The van der Waals surface area contributed by atoms with Crippen LogP contribution in [0.3, 0.4) is 0 Å². The van der Waals surface area contributed by atoms with Gasteiger partial charge in [-0.25, -0.2) is 13.1 Å². The minimum atomic E-state index is -3.36. The van der Waals surface area contributed by atoms with E-state index in [1.54, 1.807) is 5.38 Å².